The summed E-state index contributed by atoms with van der Waals surface area (Å²) in [6.07, 6.45) is 6.32. The van der Waals surface area contributed by atoms with Crippen molar-refractivity contribution in [3.63, 3.8) is 0 Å². The maximum atomic E-state index is 4.92. The molecule has 0 spiro atoms. The van der Waals surface area contributed by atoms with Gasteiger partial charge in [0.1, 0.15) is 6.26 Å². The SMILES string of the molecule is CN=C(NCCc1ccc(-n2cccn2)cc1)N1CCN(Cc2ccon2)CC1. The summed E-state index contributed by atoms with van der Waals surface area (Å²) in [5.74, 6) is 0.972. The molecule has 29 heavy (non-hydrogen) atoms. The Kier molecular flexibility index (Phi) is 6.21. The minimum atomic E-state index is 0.838. The molecule has 1 aliphatic heterocycles. The van der Waals surface area contributed by atoms with Gasteiger partial charge in [-0.05, 0) is 30.2 Å². The number of piperazine rings is 1. The molecule has 8 heteroatoms. The van der Waals surface area contributed by atoms with E-state index in [-0.39, 0.29) is 0 Å². The molecule has 0 amide bonds. The van der Waals surface area contributed by atoms with E-state index in [1.54, 1.807) is 12.5 Å². The molecular formula is C21H27N7O. The van der Waals surface area contributed by atoms with Crippen LogP contribution in [0.3, 0.4) is 0 Å². The molecule has 1 fully saturated rings. The second-order valence-electron chi connectivity index (χ2n) is 7.10. The molecule has 3 aromatic rings. The Balaban J connectivity index is 1.22. The lowest BCUT2D eigenvalue weighted by atomic mass is 10.1. The highest BCUT2D eigenvalue weighted by molar-refractivity contribution is 5.80. The first-order chi connectivity index (χ1) is 14.3. The van der Waals surface area contributed by atoms with Gasteiger partial charge in [0.25, 0.3) is 0 Å². The van der Waals surface area contributed by atoms with E-state index in [1.807, 2.05) is 30.1 Å². The second-order valence-corrected chi connectivity index (χ2v) is 7.10. The highest BCUT2D eigenvalue weighted by atomic mass is 16.5. The third-order valence-corrected chi connectivity index (χ3v) is 5.16. The molecule has 1 aliphatic rings. The molecule has 4 rings (SSSR count). The van der Waals surface area contributed by atoms with Crippen LogP contribution in [0.15, 0.2) is 64.6 Å². The van der Waals surface area contributed by atoms with Gasteiger partial charge in [0.2, 0.25) is 0 Å². The van der Waals surface area contributed by atoms with Crippen molar-refractivity contribution in [2.24, 2.45) is 4.99 Å². The molecule has 0 atom stereocenters. The van der Waals surface area contributed by atoms with Crippen LogP contribution >= 0.6 is 0 Å². The number of nitrogens with zero attached hydrogens (tertiary/aromatic N) is 6. The van der Waals surface area contributed by atoms with Crippen molar-refractivity contribution < 1.29 is 4.52 Å². The maximum Gasteiger partial charge on any atom is 0.193 e. The molecular weight excluding hydrogens is 366 g/mol. The molecule has 8 nitrogen and oxygen atoms in total. The molecule has 1 N–H and O–H groups in total. The van der Waals surface area contributed by atoms with Crippen molar-refractivity contribution in [3.8, 4) is 5.69 Å². The number of aromatic nitrogens is 3. The van der Waals surface area contributed by atoms with Crippen LogP contribution in [-0.2, 0) is 13.0 Å². The number of guanidine groups is 1. The van der Waals surface area contributed by atoms with E-state index in [0.717, 1.165) is 63.0 Å². The molecule has 152 valence electrons. The fraction of sp³-hybridized carbons (Fsp3) is 0.381. The van der Waals surface area contributed by atoms with Crippen molar-refractivity contribution in [1.82, 2.24) is 30.1 Å². The largest absolute Gasteiger partial charge is 0.364 e. The molecule has 1 aromatic carbocycles. The first kappa shape index (κ1) is 19.2. The summed E-state index contributed by atoms with van der Waals surface area (Å²) in [6.45, 7) is 5.58. The molecule has 0 saturated carbocycles. The number of hydrogen-bond acceptors (Lipinski definition) is 5. The normalized spacial score (nSPS) is 15.6. The third kappa shape index (κ3) is 5.03. The van der Waals surface area contributed by atoms with Crippen LogP contribution in [0.4, 0.5) is 0 Å². The predicted octanol–water partition coefficient (Wildman–Crippen LogP) is 1.80. The lowest BCUT2D eigenvalue weighted by Crippen LogP contribution is -2.52. The smallest absolute Gasteiger partial charge is 0.193 e. The van der Waals surface area contributed by atoms with Gasteiger partial charge in [0.15, 0.2) is 5.96 Å². The molecule has 2 aromatic heterocycles. The Labute approximate surface area is 170 Å². The summed E-state index contributed by atoms with van der Waals surface area (Å²) in [7, 11) is 1.85. The fourth-order valence-corrected chi connectivity index (χ4v) is 3.55. The van der Waals surface area contributed by atoms with E-state index >= 15 is 0 Å². The van der Waals surface area contributed by atoms with Crippen LogP contribution in [0.1, 0.15) is 11.3 Å². The van der Waals surface area contributed by atoms with Gasteiger partial charge in [-0.25, -0.2) is 4.68 Å². The number of aliphatic imine (C=N–C) groups is 1. The lowest BCUT2D eigenvalue weighted by molar-refractivity contribution is 0.169. The van der Waals surface area contributed by atoms with Crippen LogP contribution in [-0.4, -0.2) is 70.5 Å². The Morgan fingerprint density at radius 2 is 1.97 bits per heavy atom. The van der Waals surface area contributed by atoms with E-state index in [4.69, 9.17) is 4.52 Å². The average molecular weight is 393 g/mol. The van der Waals surface area contributed by atoms with E-state index in [9.17, 15) is 0 Å². The molecule has 1 saturated heterocycles. The van der Waals surface area contributed by atoms with Gasteiger partial charge in [0, 0.05) is 64.8 Å². The van der Waals surface area contributed by atoms with Crippen molar-refractivity contribution in [1.29, 1.82) is 0 Å². The molecule has 3 heterocycles. The first-order valence-electron chi connectivity index (χ1n) is 9.98. The highest BCUT2D eigenvalue weighted by Crippen LogP contribution is 2.10. The molecule has 0 unspecified atom stereocenters. The Morgan fingerprint density at radius 3 is 2.62 bits per heavy atom. The summed E-state index contributed by atoms with van der Waals surface area (Å²) in [5, 5.41) is 11.8. The third-order valence-electron chi connectivity index (χ3n) is 5.16. The van der Waals surface area contributed by atoms with Gasteiger partial charge in [0.05, 0.1) is 11.4 Å². The zero-order valence-corrected chi connectivity index (χ0v) is 16.7. The van der Waals surface area contributed by atoms with E-state index < -0.39 is 0 Å². The average Bonchev–Trinajstić information content (AvgIpc) is 3.47. The standard InChI is InChI=1S/C21H27N7O/c1-22-21(27-14-12-26(13-15-27)17-19-8-16-29-25-19)23-10-7-18-3-5-20(6-4-18)28-11-2-9-24-28/h2-6,8-9,11,16H,7,10,12-15,17H2,1H3,(H,22,23). The molecule has 0 radical (unpaired) electrons. The van der Waals surface area contributed by atoms with Gasteiger partial charge in [-0.2, -0.15) is 5.10 Å². The zero-order chi connectivity index (χ0) is 19.9. The Bertz CT molecular complexity index is 880. The van der Waals surface area contributed by atoms with Gasteiger partial charge in [-0.1, -0.05) is 17.3 Å². The lowest BCUT2D eigenvalue weighted by Gasteiger charge is -2.36. The van der Waals surface area contributed by atoms with Gasteiger partial charge < -0.3 is 14.7 Å². The second kappa shape index (κ2) is 9.38. The maximum absolute atomic E-state index is 4.92. The first-order valence-corrected chi connectivity index (χ1v) is 9.98. The van der Waals surface area contributed by atoms with Crippen molar-refractivity contribution in [2.45, 2.75) is 13.0 Å². The number of hydrogen-bond donors (Lipinski definition) is 1. The van der Waals surface area contributed by atoms with Gasteiger partial charge in [-0.15, -0.1) is 0 Å². The quantitative estimate of drug-likeness (QED) is 0.508. The van der Waals surface area contributed by atoms with Crippen molar-refractivity contribution in [3.05, 3.63) is 66.3 Å². The fourth-order valence-electron chi connectivity index (χ4n) is 3.55. The number of nitrogens with one attached hydrogen (secondary N) is 1. The van der Waals surface area contributed by atoms with E-state index in [0.29, 0.717) is 0 Å². The van der Waals surface area contributed by atoms with Crippen LogP contribution in [0.2, 0.25) is 0 Å². The Morgan fingerprint density at radius 1 is 1.14 bits per heavy atom. The molecule has 0 bridgehead atoms. The van der Waals surface area contributed by atoms with E-state index in [2.05, 4.69) is 54.6 Å². The summed E-state index contributed by atoms with van der Waals surface area (Å²) in [6, 6.07) is 12.4. The summed E-state index contributed by atoms with van der Waals surface area (Å²) < 4.78 is 6.79. The van der Waals surface area contributed by atoms with Crippen LogP contribution in [0.5, 0.6) is 0 Å². The summed E-state index contributed by atoms with van der Waals surface area (Å²) in [4.78, 5) is 9.18. The van der Waals surface area contributed by atoms with Gasteiger partial charge >= 0.3 is 0 Å². The van der Waals surface area contributed by atoms with Crippen molar-refractivity contribution >= 4 is 5.96 Å². The van der Waals surface area contributed by atoms with Gasteiger partial charge in [-0.3, -0.25) is 9.89 Å². The van der Waals surface area contributed by atoms with Crippen LogP contribution < -0.4 is 5.32 Å². The summed E-state index contributed by atoms with van der Waals surface area (Å²) in [5.41, 5.74) is 3.35. The minimum absolute atomic E-state index is 0.838. The molecule has 0 aliphatic carbocycles. The van der Waals surface area contributed by atoms with Crippen LogP contribution in [0, 0.1) is 0 Å². The van der Waals surface area contributed by atoms with Crippen LogP contribution in [0.25, 0.3) is 5.69 Å². The predicted molar refractivity (Wildman–Crippen MR) is 112 cm³/mol. The zero-order valence-electron chi connectivity index (χ0n) is 16.7. The minimum Gasteiger partial charge on any atom is -0.364 e. The number of rotatable bonds is 6. The summed E-state index contributed by atoms with van der Waals surface area (Å²) >= 11 is 0. The monoisotopic (exact) mass is 393 g/mol. The van der Waals surface area contributed by atoms with Crippen molar-refractivity contribution in [2.75, 3.05) is 39.8 Å². The van der Waals surface area contributed by atoms with E-state index in [1.165, 1.54) is 5.56 Å². The number of benzene rings is 1. The topological polar surface area (TPSA) is 74.7 Å². The Hall–Kier alpha value is -3.13. The highest BCUT2D eigenvalue weighted by Gasteiger charge is 2.20.